The van der Waals surface area contributed by atoms with Gasteiger partial charge in [0, 0.05) is 11.3 Å². The zero-order valence-corrected chi connectivity index (χ0v) is 13.1. The maximum Gasteiger partial charge on any atom is 0.237 e. The number of rotatable bonds is 5. The summed E-state index contributed by atoms with van der Waals surface area (Å²) < 4.78 is 19.7. The molecule has 6 heteroatoms. The number of aromatic amines is 1. The number of H-pyrrole nitrogens is 1. The number of aryl methyl sites for hydroxylation is 1. The van der Waals surface area contributed by atoms with Gasteiger partial charge in [0.15, 0.2) is 0 Å². The summed E-state index contributed by atoms with van der Waals surface area (Å²) in [7, 11) is 0. The van der Waals surface area contributed by atoms with Gasteiger partial charge in [-0.2, -0.15) is 0 Å². The van der Waals surface area contributed by atoms with Gasteiger partial charge >= 0.3 is 0 Å². The number of hydrogen-bond acceptors (Lipinski definition) is 4. The van der Waals surface area contributed by atoms with E-state index >= 15 is 0 Å². The standard InChI is InChI=1S/C18H15FN3O2/c1-10-14(7-23)17-18(22-10)16(20-9-21-17)13-6-12(19)4-5-15(13)24-8-11-2-3-11/h4-6,9,11,22H,2-3,8H2,1H3. The molecule has 0 aliphatic heterocycles. The van der Waals surface area contributed by atoms with Gasteiger partial charge in [-0.1, -0.05) is 0 Å². The minimum absolute atomic E-state index is 0.366. The summed E-state index contributed by atoms with van der Waals surface area (Å²) in [6.07, 6.45) is 5.60. The Labute approximate surface area is 137 Å². The second-order valence-corrected chi connectivity index (χ2v) is 6.07. The number of nitrogens with one attached hydrogen (secondary N) is 1. The Hall–Kier alpha value is -2.76. The Morgan fingerprint density at radius 1 is 1.38 bits per heavy atom. The van der Waals surface area contributed by atoms with Crippen molar-refractivity contribution >= 4 is 17.3 Å². The predicted molar refractivity (Wildman–Crippen MR) is 87.0 cm³/mol. The molecule has 1 fully saturated rings. The van der Waals surface area contributed by atoms with E-state index in [9.17, 15) is 9.18 Å². The molecule has 2 aromatic heterocycles. The molecule has 0 unspecified atom stereocenters. The maximum absolute atomic E-state index is 13.8. The van der Waals surface area contributed by atoms with Crippen LogP contribution < -0.4 is 4.74 Å². The molecular weight excluding hydrogens is 309 g/mol. The molecule has 2 heterocycles. The van der Waals surface area contributed by atoms with Crippen LogP contribution >= 0.6 is 0 Å². The molecule has 121 valence electrons. The number of hydrogen-bond donors (Lipinski definition) is 1. The number of fused-ring (bicyclic) bond motifs is 1. The van der Waals surface area contributed by atoms with E-state index in [1.54, 1.807) is 13.0 Å². The van der Waals surface area contributed by atoms with E-state index in [1.165, 1.54) is 31.3 Å². The fraction of sp³-hybridized carbons (Fsp3) is 0.278. The van der Waals surface area contributed by atoms with Crippen LogP contribution in [0.25, 0.3) is 22.3 Å². The predicted octanol–water partition coefficient (Wildman–Crippen LogP) is 3.32. The number of ether oxygens (including phenoxy) is 1. The molecule has 1 aromatic carbocycles. The lowest BCUT2D eigenvalue weighted by Gasteiger charge is -2.11. The van der Waals surface area contributed by atoms with Gasteiger partial charge in [-0.05, 0) is 43.9 Å². The van der Waals surface area contributed by atoms with Crippen molar-refractivity contribution in [2.24, 2.45) is 5.92 Å². The Morgan fingerprint density at radius 2 is 2.21 bits per heavy atom. The maximum atomic E-state index is 13.8. The van der Waals surface area contributed by atoms with E-state index < -0.39 is 0 Å². The van der Waals surface area contributed by atoms with E-state index in [1.807, 2.05) is 6.29 Å². The number of carbonyl (C=O) groups excluding carboxylic acids is 1. The summed E-state index contributed by atoms with van der Waals surface area (Å²) in [5, 5.41) is 0. The van der Waals surface area contributed by atoms with E-state index in [0.717, 1.165) is 0 Å². The largest absolute Gasteiger partial charge is 0.493 e. The SMILES string of the molecule is Cc1[nH]c2c(-c3cc(F)ccc3OCC3CC3)ncnc2c1[C]=O. The van der Waals surface area contributed by atoms with E-state index in [2.05, 4.69) is 15.0 Å². The van der Waals surface area contributed by atoms with Gasteiger partial charge < -0.3 is 9.72 Å². The molecule has 3 aromatic rings. The van der Waals surface area contributed by atoms with Crippen molar-refractivity contribution in [1.82, 2.24) is 15.0 Å². The van der Waals surface area contributed by atoms with Crippen LogP contribution in [0.5, 0.6) is 5.75 Å². The topological polar surface area (TPSA) is 67.9 Å². The molecule has 1 aliphatic rings. The van der Waals surface area contributed by atoms with E-state index in [-0.39, 0.29) is 5.82 Å². The Morgan fingerprint density at radius 3 is 2.96 bits per heavy atom. The highest BCUT2D eigenvalue weighted by molar-refractivity contribution is 6.01. The number of aromatic nitrogens is 3. The molecule has 1 radical (unpaired) electrons. The van der Waals surface area contributed by atoms with Crippen LogP contribution in [-0.2, 0) is 4.79 Å². The molecular formula is C18H15FN3O2. The molecule has 24 heavy (non-hydrogen) atoms. The Balaban J connectivity index is 1.87. The van der Waals surface area contributed by atoms with Crippen molar-refractivity contribution in [3.8, 4) is 17.0 Å². The lowest BCUT2D eigenvalue weighted by atomic mass is 10.1. The Bertz CT molecular complexity index is 931. The molecule has 5 nitrogen and oxygen atoms in total. The van der Waals surface area contributed by atoms with Crippen molar-refractivity contribution in [2.45, 2.75) is 19.8 Å². The fourth-order valence-electron chi connectivity index (χ4n) is 2.76. The molecule has 0 bridgehead atoms. The summed E-state index contributed by atoms with van der Waals surface area (Å²) in [5.74, 6) is 0.783. The zero-order valence-electron chi connectivity index (χ0n) is 13.1. The monoisotopic (exact) mass is 324 g/mol. The first-order valence-electron chi connectivity index (χ1n) is 7.81. The smallest absolute Gasteiger partial charge is 0.237 e. The number of halogens is 1. The van der Waals surface area contributed by atoms with Crippen molar-refractivity contribution in [3.63, 3.8) is 0 Å². The average Bonchev–Trinajstić information content (AvgIpc) is 3.34. The lowest BCUT2D eigenvalue weighted by molar-refractivity contribution is 0.300. The Kier molecular flexibility index (Phi) is 3.52. The third kappa shape index (κ3) is 2.54. The first-order chi connectivity index (χ1) is 11.7. The molecule has 0 amide bonds. The minimum atomic E-state index is -0.374. The molecule has 1 saturated carbocycles. The van der Waals surface area contributed by atoms with Gasteiger partial charge in [-0.3, -0.25) is 4.79 Å². The van der Waals surface area contributed by atoms with Crippen molar-refractivity contribution in [3.05, 3.63) is 41.6 Å². The normalized spacial score (nSPS) is 14.1. The first-order valence-corrected chi connectivity index (χ1v) is 7.81. The summed E-state index contributed by atoms with van der Waals surface area (Å²) >= 11 is 0. The van der Waals surface area contributed by atoms with Gasteiger partial charge in [0.05, 0.1) is 17.7 Å². The quantitative estimate of drug-likeness (QED) is 0.782. The minimum Gasteiger partial charge on any atom is -0.493 e. The lowest BCUT2D eigenvalue weighted by Crippen LogP contribution is -2.01. The highest BCUT2D eigenvalue weighted by Crippen LogP contribution is 2.36. The highest BCUT2D eigenvalue weighted by Gasteiger charge is 2.23. The number of nitrogens with zero attached hydrogens (tertiary/aromatic N) is 2. The van der Waals surface area contributed by atoms with Crippen molar-refractivity contribution < 1.29 is 13.9 Å². The number of benzene rings is 1. The second kappa shape index (κ2) is 5.70. The van der Waals surface area contributed by atoms with Crippen LogP contribution in [0, 0.1) is 18.7 Å². The molecule has 0 atom stereocenters. The van der Waals surface area contributed by atoms with Crippen LogP contribution in [0.3, 0.4) is 0 Å². The van der Waals surface area contributed by atoms with Crippen molar-refractivity contribution in [1.29, 1.82) is 0 Å². The third-order valence-corrected chi connectivity index (χ3v) is 4.24. The highest BCUT2D eigenvalue weighted by atomic mass is 19.1. The van der Waals surface area contributed by atoms with Gasteiger partial charge in [0.25, 0.3) is 0 Å². The fourth-order valence-corrected chi connectivity index (χ4v) is 2.76. The molecule has 0 saturated heterocycles. The first kappa shape index (κ1) is 14.8. The third-order valence-electron chi connectivity index (χ3n) is 4.24. The van der Waals surface area contributed by atoms with Crippen LogP contribution in [-0.4, -0.2) is 27.8 Å². The van der Waals surface area contributed by atoms with E-state index in [4.69, 9.17) is 4.74 Å². The second-order valence-electron chi connectivity index (χ2n) is 6.07. The van der Waals surface area contributed by atoms with Crippen LogP contribution in [0.2, 0.25) is 0 Å². The average molecular weight is 324 g/mol. The van der Waals surface area contributed by atoms with Gasteiger partial charge in [-0.15, -0.1) is 0 Å². The molecule has 1 aliphatic carbocycles. The zero-order chi connectivity index (χ0) is 16.7. The molecule has 4 rings (SSSR count). The van der Waals surface area contributed by atoms with Crippen molar-refractivity contribution in [2.75, 3.05) is 6.61 Å². The summed E-state index contributed by atoms with van der Waals surface area (Å²) in [6, 6.07) is 4.38. The molecule has 1 N–H and O–H groups in total. The molecule has 0 spiro atoms. The summed E-state index contributed by atoms with van der Waals surface area (Å²) in [4.78, 5) is 22.7. The van der Waals surface area contributed by atoms with Gasteiger partial charge in [0.2, 0.25) is 6.29 Å². The van der Waals surface area contributed by atoms with E-state index in [0.29, 0.717) is 51.8 Å². The van der Waals surface area contributed by atoms with Gasteiger partial charge in [-0.25, -0.2) is 14.4 Å². The van der Waals surface area contributed by atoms with Crippen LogP contribution in [0.1, 0.15) is 24.1 Å². The van der Waals surface area contributed by atoms with Crippen LogP contribution in [0.4, 0.5) is 4.39 Å². The summed E-state index contributed by atoms with van der Waals surface area (Å²) in [6.45, 7) is 2.38. The van der Waals surface area contributed by atoms with Crippen LogP contribution in [0.15, 0.2) is 24.5 Å². The summed E-state index contributed by atoms with van der Waals surface area (Å²) in [5.41, 5.74) is 3.13. The van der Waals surface area contributed by atoms with Gasteiger partial charge in [0.1, 0.15) is 29.1 Å².